The molecule has 0 aliphatic heterocycles. The zero-order chi connectivity index (χ0) is 14.7. The zero-order valence-electron chi connectivity index (χ0n) is 11.8. The second-order valence-electron chi connectivity index (χ2n) is 4.98. The van der Waals surface area contributed by atoms with Crippen LogP contribution in [-0.2, 0) is 13.1 Å². The molecular formula is C14H17N5O2. The van der Waals surface area contributed by atoms with Gasteiger partial charge < -0.3 is 10.1 Å². The summed E-state index contributed by atoms with van der Waals surface area (Å²) in [5.41, 5.74) is 3.56. The summed E-state index contributed by atoms with van der Waals surface area (Å²) in [4.78, 5) is 9.52. The Morgan fingerprint density at radius 3 is 2.95 bits per heavy atom. The third kappa shape index (κ3) is 3.09. The molecule has 2 aromatic heterocycles. The number of benzene rings is 1. The molecule has 0 unspecified atom stereocenters. The molecule has 0 saturated heterocycles. The summed E-state index contributed by atoms with van der Waals surface area (Å²) in [5.74, 6) is 0.886. The summed E-state index contributed by atoms with van der Waals surface area (Å²) in [7, 11) is 0. The third-order valence-corrected chi connectivity index (χ3v) is 3.33. The van der Waals surface area contributed by atoms with Gasteiger partial charge in [0.25, 0.3) is 0 Å². The first-order valence-electron chi connectivity index (χ1n) is 6.80. The Hall–Kier alpha value is -2.25. The number of aliphatic hydroxyl groups is 1. The lowest BCUT2D eigenvalue weighted by molar-refractivity contribution is 0.183. The number of fused-ring (bicyclic) bond motifs is 1. The highest BCUT2D eigenvalue weighted by molar-refractivity contribution is 5.76. The zero-order valence-corrected chi connectivity index (χ0v) is 11.8. The van der Waals surface area contributed by atoms with E-state index in [-0.39, 0.29) is 6.61 Å². The lowest BCUT2D eigenvalue weighted by Gasteiger charge is -2.20. The number of aromatic amines is 1. The van der Waals surface area contributed by atoms with Crippen LogP contribution in [0.2, 0.25) is 0 Å². The Balaban J connectivity index is 1.79. The van der Waals surface area contributed by atoms with Gasteiger partial charge in [-0.2, -0.15) is 0 Å². The van der Waals surface area contributed by atoms with Crippen LogP contribution in [0.5, 0.6) is 0 Å². The van der Waals surface area contributed by atoms with Gasteiger partial charge in [-0.3, -0.25) is 4.90 Å². The standard InChI is InChI=1S/C14H17N5O2/c1-10-15-7-12(16-10)9-19(5-6-20)8-11-3-2-4-13-14(11)18-21-17-13/h2-4,7,20H,5-6,8-9H2,1H3,(H,15,16). The van der Waals surface area contributed by atoms with E-state index in [1.807, 2.05) is 31.3 Å². The molecule has 3 aromatic rings. The van der Waals surface area contributed by atoms with Gasteiger partial charge in [0.05, 0.1) is 6.61 Å². The highest BCUT2D eigenvalue weighted by Crippen LogP contribution is 2.17. The van der Waals surface area contributed by atoms with Crippen LogP contribution in [0.4, 0.5) is 0 Å². The quantitative estimate of drug-likeness (QED) is 0.709. The average molecular weight is 287 g/mol. The molecule has 0 atom stereocenters. The molecule has 7 nitrogen and oxygen atoms in total. The van der Waals surface area contributed by atoms with Gasteiger partial charge in [-0.15, -0.1) is 0 Å². The Morgan fingerprint density at radius 2 is 2.19 bits per heavy atom. The minimum absolute atomic E-state index is 0.0974. The van der Waals surface area contributed by atoms with Crippen molar-refractivity contribution in [3.05, 3.63) is 41.5 Å². The van der Waals surface area contributed by atoms with Crippen LogP contribution < -0.4 is 0 Å². The van der Waals surface area contributed by atoms with E-state index in [1.54, 1.807) is 0 Å². The molecule has 2 heterocycles. The number of nitrogens with one attached hydrogen (secondary N) is 1. The summed E-state index contributed by atoms with van der Waals surface area (Å²) < 4.78 is 4.78. The van der Waals surface area contributed by atoms with Crippen LogP contribution in [0.1, 0.15) is 17.1 Å². The minimum atomic E-state index is 0.0974. The summed E-state index contributed by atoms with van der Waals surface area (Å²) in [6.45, 7) is 3.93. The fourth-order valence-corrected chi connectivity index (χ4v) is 2.38. The third-order valence-electron chi connectivity index (χ3n) is 3.33. The molecule has 0 radical (unpaired) electrons. The molecule has 7 heteroatoms. The molecule has 0 aliphatic rings. The molecule has 0 bridgehead atoms. The Labute approximate surface area is 121 Å². The molecule has 0 aliphatic carbocycles. The highest BCUT2D eigenvalue weighted by atomic mass is 16.6. The van der Waals surface area contributed by atoms with Crippen molar-refractivity contribution in [3.8, 4) is 0 Å². The van der Waals surface area contributed by atoms with Gasteiger partial charge in [-0.25, -0.2) is 9.61 Å². The fourth-order valence-electron chi connectivity index (χ4n) is 2.38. The number of H-pyrrole nitrogens is 1. The molecule has 0 amide bonds. The van der Waals surface area contributed by atoms with Gasteiger partial charge in [0.2, 0.25) is 0 Å². The predicted molar refractivity (Wildman–Crippen MR) is 76.3 cm³/mol. The Bertz CT molecular complexity index is 721. The fraction of sp³-hybridized carbons (Fsp3) is 0.357. The molecule has 3 rings (SSSR count). The van der Waals surface area contributed by atoms with E-state index in [4.69, 9.17) is 4.63 Å². The van der Waals surface area contributed by atoms with E-state index in [0.29, 0.717) is 19.6 Å². The number of nitrogens with zero attached hydrogens (tertiary/aromatic N) is 4. The molecule has 0 saturated carbocycles. The van der Waals surface area contributed by atoms with Crippen molar-refractivity contribution in [2.24, 2.45) is 0 Å². The lowest BCUT2D eigenvalue weighted by atomic mass is 10.1. The molecule has 2 N–H and O–H groups in total. The van der Waals surface area contributed by atoms with Crippen molar-refractivity contribution < 1.29 is 9.74 Å². The van der Waals surface area contributed by atoms with Crippen LogP contribution in [0.3, 0.4) is 0 Å². The van der Waals surface area contributed by atoms with Gasteiger partial charge in [0, 0.05) is 31.5 Å². The predicted octanol–water partition coefficient (Wildman–Crippen LogP) is 1.25. The van der Waals surface area contributed by atoms with E-state index >= 15 is 0 Å². The molecule has 1 aromatic carbocycles. The van der Waals surface area contributed by atoms with Crippen LogP contribution in [0, 0.1) is 6.92 Å². The average Bonchev–Trinajstić information content (AvgIpc) is 3.08. The number of aryl methyl sites for hydroxylation is 1. The maximum absolute atomic E-state index is 9.26. The molecule has 21 heavy (non-hydrogen) atoms. The summed E-state index contributed by atoms with van der Waals surface area (Å²) >= 11 is 0. The minimum Gasteiger partial charge on any atom is -0.395 e. The van der Waals surface area contributed by atoms with E-state index in [1.165, 1.54) is 0 Å². The molecule has 110 valence electrons. The summed E-state index contributed by atoms with van der Waals surface area (Å²) in [6, 6.07) is 5.79. The summed E-state index contributed by atoms with van der Waals surface area (Å²) in [5, 5.41) is 17.1. The normalized spacial score (nSPS) is 11.6. The van der Waals surface area contributed by atoms with Crippen LogP contribution in [-0.4, -0.2) is 43.4 Å². The van der Waals surface area contributed by atoms with Crippen molar-refractivity contribution in [2.45, 2.75) is 20.0 Å². The number of aliphatic hydroxyl groups excluding tert-OH is 1. The van der Waals surface area contributed by atoms with E-state index in [9.17, 15) is 5.11 Å². The van der Waals surface area contributed by atoms with Crippen molar-refractivity contribution in [3.63, 3.8) is 0 Å². The smallest absolute Gasteiger partial charge is 0.139 e. The second kappa shape index (κ2) is 6.02. The van der Waals surface area contributed by atoms with Crippen LogP contribution in [0.25, 0.3) is 11.0 Å². The largest absolute Gasteiger partial charge is 0.395 e. The van der Waals surface area contributed by atoms with Gasteiger partial charge >= 0.3 is 0 Å². The van der Waals surface area contributed by atoms with Gasteiger partial charge in [0.1, 0.15) is 16.9 Å². The van der Waals surface area contributed by atoms with Crippen molar-refractivity contribution in [1.82, 2.24) is 25.2 Å². The monoisotopic (exact) mass is 287 g/mol. The number of hydrogen-bond donors (Lipinski definition) is 2. The highest BCUT2D eigenvalue weighted by Gasteiger charge is 2.12. The lowest BCUT2D eigenvalue weighted by Crippen LogP contribution is -2.26. The first kappa shape index (κ1) is 13.7. The van der Waals surface area contributed by atoms with Gasteiger partial charge in [-0.05, 0) is 28.9 Å². The topological polar surface area (TPSA) is 91.1 Å². The van der Waals surface area contributed by atoms with Crippen molar-refractivity contribution in [2.75, 3.05) is 13.2 Å². The van der Waals surface area contributed by atoms with E-state index < -0.39 is 0 Å². The number of aromatic nitrogens is 4. The van der Waals surface area contributed by atoms with E-state index in [0.717, 1.165) is 28.1 Å². The number of imidazole rings is 1. The number of hydrogen-bond acceptors (Lipinski definition) is 6. The Kier molecular flexibility index (Phi) is 3.94. The summed E-state index contributed by atoms with van der Waals surface area (Å²) in [6.07, 6.45) is 1.82. The SMILES string of the molecule is Cc1ncc(CN(CCO)Cc2cccc3nonc23)[nH]1. The Morgan fingerprint density at radius 1 is 1.29 bits per heavy atom. The van der Waals surface area contributed by atoms with E-state index in [2.05, 4.69) is 25.2 Å². The maximum Gasteiger partial charge on any atom is 0.139 e. The second-order valence-corrected chi connectivity index (χ2v) is 4.98. The molecule has 0 fully saturated rings. The van der Waals surface area contributed by atoms with Crippen molar-refractivity contribution >= 4 is 11.0 Å². The first-order valence-corrected chi connectivity index (χ1v) is 6.80. The van der Waals surface area contributed by atoms with Crippen LogP contribution in [0.15, 0.2) is 29.0 Å². The molecular weight excluding hydrogens is 270 g/mol. The maximum atomic E-state index is 9.26. The first-order chi connectivity index (χ1) is 10.3. The molecule has 0 spiro atoms. The number of rotatable bonds is 6. The van der Waals surface area contributed by atoms with Gasteiger partial charge in [0.15, 0.2) is 0 Å². The van der Waals surface area contributed by atoms with Crippen LogP contribution >= 0.6 is 0 Å². The van der Waals surface area contributed by atoms with Gasteiger partial charge in [-0.1, -0.05) is 12.1 Å². The van der Waals surface area contributed by atoms with Crippen molar-refractivity contribution in [1.29, 1.82) is 0 Å².